The van der Waals surface area contributed by atoms with Crippen molar-refractivity contribution in [2.24, 2.45) is 0 Å². The molecule has 1 aromatic heterocycles. The molecule has 9 heteroatoms. The topological polar surface area (TPSA) is 94.5 Å². The van der Waals surface area contributed by atoms with Crippen LogP contribution in [0.2, 0.25) is 0 Å². The number of carbonyl (C=O) groups is 2. The molecule has 1 aliphatic heterocycles. The Morgan fingerprint density at radius 1 is 1.26 bits per heavy atom. The lowest BCUT2D eigenvalue weighted by Gasteiger charge is -2.29. The van der Waals surface area contributed by atoms with Gasteiger partial charge in [0.25, 0.3) is 0 Å². The van der Waals surface area contributed by atoms with Crippen LogP contribution in [0.25, 0.3) is 0 Å². The van der Waals surface area contributed by atoms with Crippen molar-refractivity contribution in [1.29, 1.82) is 0 Å². The molecule has 1 aromatic carbocycles. The molecule has 1 atom stereocenters. The van der Waals surface area contributed by atoms with Gasteiger partial charge in [0.05, 0.1) is 30.5 Å². The first-order valence-electron chi connectivity index (χ1n) is 10.1. The second kappa shape index (κ2) is 10.5. The predicted molar refractivity (Wildman–Crippen MR) is 119 cm³/mol. The predicted octanol–water partition coefficient (Wildman–Crippen LogP) is 3.11. The summed E-state index contributed by atoms with van der Waals surface area (Å²) in [5.74, 6) is -0.0807. The lowest BCUT2D eigenvalue weighted by Crippen LogP contribution is -2.46. The molecule has 3 rings (SSSR count). The highest BCUT2D eigenvalue weighted by molar-refractivity contribution is 7.99. The van der Waals surface area contributed by atoms with E-state index in [-0.39, 0.29) is 12.6 Å². The third-order valence-electron chi connectivity index (χ3n) is 5.07. The zero-order valence-corrected chi connectivity index (χ0v) is 19.0. The Morgan fingerprint density at radius 2 is 2.00 bits per heavy atom. The Labute approximate surface area is 186 Å². The van der Waals surface area contributed by atoms with Crippen molar-refractivity contribution in [3.8, 4) is 0 Å². The van der Waals surface area contributed by atoms with Crippen molar-refractivity contribution in [2.45, 2.75) is 38.5 Å². The van der Waals surface area contributed by atoms with Crippen LogP contribution in [0.4, 0.5) is 4.79 Å². The van der Waals surface area contributed by atoms with Crippen molar-refractivity contribution < 1.29 is 19.1 Å². The molecule has 2 heterocycles. The summed E-state index contributed by atoms with van der Waals surface area (Å²) >= 11 is 1.47. The van der Waals surface area contributed by atoms with E-state index in [9.17, 15) is 9.59 Å². The number of carbonyl (C=O) groups excluding carboxylic acids is 2. The van der Waals surface area contributed by atoms with Crippen LogP contribution in [0, 0.1) is 13.8 Å². The first-order chi connectivity index (χ1) is 15.0. The Bertz CT molecular complexity index is 971. The van der Waals surface area contributed by atoms with E-state index in [0.29, 0.717) is 30.2 Å². The average Bonchev–Trinajstić information content (AvgIpc) is 3.03. The number of ether oxygens (including phenoxy) is 2. The van der Waals surface area contributed by atoms with E-state index in [1.165, 1.54) is 11.8 Å². The highest BCUT2D eigenvalue weighted by Crippen LogP contribution is 2.31. The SMILES string of the molecule is CCOC(=O)C1=C(CSc2nc(C)c(C)n2CCOC)NC(=O)NC1c1ccccc1. The molecule has 0 bridgehead atoms. The summed E-state index contributed by atoms with van der Waals surface area (Å²) in [7, 11) is 1.66. The van der Waals surface area contributed by atoms with E-state index in [2.05, 4.69) is 20.2 Å². The van der Waals surface area contributed by atoms with Gasteiger partial charge in [-0.1, -0.05) is 42.1 Å². The van der Waals surface area contributed by atoms with Gasteiger partial charge in [-0.3, -0.25) is 0 Å². The Hall–Kier alpha value is -2.78. The summed E-state index contributed by atoms with van der Waals surface area (Å²) in [6.07, 6.45) is 0. The number of rotatable bonds is 9. The van der Waals surface area contributed by atoms with Crippen LogP contribution >= 0.6 is 11.8 Å². The van der Waals surface area contributed by atoms with Crippen LogP contribution in [-0.4, -0.2) is 47.6 Å². The highest BCUT2D eigenvalue weighted by atomic mass is 32.2. The average molecular weight is 445 g/mol. The number of hydrogen-bond donors (Lipinski definition) is 2. The number of nitrogens with zero attached hydrogens (tertiary/aromatic N) is 2. The highest BCUT2D eigenvalue weighted by Gasteiger charge is 2.33. The third-order valence-corrected chi connectivity index (χ3v) is 6.07. The monoisotopic (exact) mass is 444 g/mol. The zero-order valence-electron chi connectivity index (χ0n) is 18.2. The molecule has 0 spiro atoms. The van der Waals surface area contributed by atoms with Gasteiger partial charge >= 0.3 is 12.0 Å². The van der Waals surface area contributed by atoms with E-state index >= 15 is 0 Å². The van der Waals surface area contributed by atoms with Crippen molar-refractivity contribution >= 4 is 23.8 Å². The number of aromatic nitrogens is 2. The van der Waals surface area contributed by atoms with Gasteiger partial charge < -0.3 is 24.7 Å². The molecule has 1 aliphatic rings. The first kappa shape index (κ1) is 22.9. The van der Waals surface area contributed by atoms with Crippen LogP contribution in [0.15, 0.2) is 46.8 Å². The number of amides is 2. The molecule has 2 aromatic rings. The van der Waals surface area contributed by atoms with Crippen LogP contribution in [0.5, 0.6) is 0 Å². The summed E-state index contributed by atoms with van der Waals surface area (Å²) in [4.78, 5) is 29.9. The number of aryl methyl sites for hydroxylation is 1. The fourth-order valence-corrected chi connectivity index (χ4v) is 4.48. The minimum absolute atomic E-state index is 0.248. The van der Waals surface area contributed by atoms with Crippen molar-refractivity contribution in [1.82, 2.24) is 20.2 Å². The fraction of sp³-hybridized carbons (Fsp3) is 0.409. The van der Waals surface area contributed by atoms with E-state index in [0.717, 1.165) is 22.1 Å². The summed E-state index contributed by atoms with van der Waals surface area (Å²) in [5, 5.41) is 6.47. The van der Waals surface area contributed by atoms with Gasteiger partial charge in [0.1, 0.15) is 0 Å². The van der Waals surface area contributed by atoms with Crippen LogP contribution in [0.1, 0.15) is 29.9 Å². The summed E-state index contributed by atoms with van der Waals surface area (Å²) in [6, 6.07) is 8.46. The molecule has 1 unspecified atom stereocenters. The maximum Gasteiger partial charge on any atom is 0.338 e. The minimum atomic E-state index is -0.582. The van der Waals surface area contributed by atoms with Crippen LogP contribution < -0.4 is 10.6 Å². The van der Waals surface area contributed by atoms with Gasteiger partial charge in [0.15, 0.2) is 5.16 Å². The van der Waals surface area contributed by atoms with Gasteiger partial charge in [-0.05, 0) is 26.3 Å². The van der Waals surface area contributed by atoms with Gasteiger partial charge in [-0.25, -0.2) is 14.6 Å². The number of hydrogen-bond acceptors (Lipinski definition) is 6. The quantitative estimate of drug-likeness (QED) is 0.456. The van der Waals surface area contributed by atoms with E-state index in [4.69, 9.17) is 9.47 Å². The standard InChI is InChI=1S/C22H28N4O4S/c1-5-30-20(27)18-17(24-21(28)25-19(18)16-9-7-6-8-10-16)13-31-22-23-14(2)15(3)26(22)11-12-29-4/h6-10,19H,5,11-13H2,1-4H3,(H2,24,25,28). The molecule has 166 valence electrons. The number of benzene rings is 1. The summed E-state index contributed by atoms with van der Waals surface area (Å²) < 4.78 is 12.6. The minimum Gasteiger partial charge on any atom is -0.463 e. The molecular weight excluding hydrogens is 416 g/mol. The smallest absolute Gasteiger partial charge is 0.338 e. The molecule has 0 fully saturated rings. The molecule has 8 nitrogen and oxygen atoms in total. The van der Waals surface area contributed by atoms with E-state index in [1.54, 1.807) is 14.0 Å². The number of urea groups is 1. The van der Waals surface area contributed by atoms with Gasteiger partial charge in [-0.15, -0.1) is 0 Å². The Morgan fingerprint density at radius 3 is 2.68 bits per heavy atom. The number of imidazole rings is 1. The third kappa shape index (κ3) is 5.29. The first-order valence-corrected chi connectivity index (χ1v) is 11.1. The molecular formula is C22H28N4O4S. The molecule has 0 saturated heterocycles. The van der Waals surface area contributed by atoms with Gasteiger partial charge in [-0.2, -0.15) is 0 Å². The van der Waals surface area contributed by atoms with E-state index in [1.807, 2.05) is 44.2 Å². The number of esters is 1. The molecule has 2 N–H and O–H groups in total. The maximum absolute atomic E-state index is 12.9. The van der Waals surface area contributed by atoms with Crippen molar-refractivity contribution in [3.63, 3.8) is 0 Å². The van der Waals surface area contributed by atoms with Crippen LogP contribution in [-0.2, 0) is 20.8 Å². The fourth-order valence-electron chi connectivity index (χ4n) is 3.39. The Balaban J connectivity index is 1.95. The zero-order chi connectivity index (χ0) is 22.4. The second-order valence-electron chi connectivity index (χ2n) is 7.05. The normalized spacial score (nSPS) is 16.1. The van der Waals surface area contributed by atoms with Gasteiger partial charge in [0, 0.05) is 30.8 Å². The Kier molecular flexibility index (Phi) is 7.75. The number of nitrogens with one attached hydrogen (secondary N) is 2. The molecule has 0 saturated carbocycles. The lowest BCUT2D eigenvalue weighted by molar-refractivity contribution is -0.139. The van der Waals surface area contributed by atoms with Crippen molar-refractivity contribution in [3.05, 3.63) is 58.6 Å². The largest absolute Gasteiger partial charge is 0.463 e. The molecule has 2 amide bonds. The lowest BCUT2D eigenvalue weighted by atomic mass is 9.95. The maximum atomic E-state index is 12.9. The molecule has 31 heavy (non-hydrogen) atoms. The molecule has 0 radical (unpaired) electrons. The van der Waals surface area contributed by atoms with Crippen molar-refractivity contribution in [2.75, 3.05) is 26.1 Å². The van der Waals surface area contributed by atoms with Crippen LogP contribution in [0.3, 0.4) is 0 Å². The van der Waals surface area contributed by atoms with Gasteiger partial charge in [0.2, 0.25) is 0 Å². The second-order valence-corrected chi connectivity index (χ2v) is 8.00. The number of thioether (sulfide) groups is 1. The summed E-state index contributed by atoms with van der Waals surface area (Å²) in [6.45, 7) is 7.23. The number of methoxy groups -OCH3 is 1. The molecule has 0 aliphatic carbocycles. The van der Waals surface area contributed by atoms with E-state index < -0.39 is 12.0 Å². The summed E-state index contributed by atoms with van der Waals surface area (Å²) in [5.41, 5.74) is 3.75.